The second-order valence-electron chi connectivity index (χ2n) is 14.9. The molecule has 0 unspecified atom stereocenters. The Hall–Kier alpha value is -5.10. The summed E-state index contributed by atoms with van der Waals surface area (Å²) in [5.41, 5.74) is 7.04. The van der Waals surface area contributed by atoms with Gasteiger partial charge in [0.2, 0.25) is 5.91 Å². The minimum atomic E-state index is -0.705. The SMILES string of the molecule is Cc1[nH]cnc1C1CCN(C2CCN(C(=O)[C@@H](Cc3cc(C)c4[nH]ncc4c3)NC(=O)N3CCC(=C4C=c5ccccc5=NC4=O)CC3)CC2)CC1. The second kappa shape index (κ2) is 14.5. The van der Waals surface area contributed by atoms with Crippen LogP contribution in [0.15, 0.2) is 65.1 Å². The van der Waals surface area contributed by atoms with E-state index in [1.54, 1.807) is 17.4 Å². The smallest absolute Gasteiger partial charge is 0.318 e. The Labute approximate surface area is 303 Å². The van der Waals surface area contributed by atoms with Crippen LogP contribution in [0.4, 0.5) is 4.79 Å². The van der Waals surface area contributed by atoms with Gasteiger partial charge in [-0.1, -0.05) is 29.8 Å². The number of nitrogens with zero attached hydrogens (tertiary/aromatic N) is 6. The van der Waals surface area contributed by atoms with Gasteiger partial charge in [-0.05, 0) is 94.8 Å². The van der Waals surface area contributed by atoms with Crippen LogP contribution in [0.1, 0.15) is 67.0 Å². The summed E-state index contributed by atoms with van der Waals surface area (Å²) in [7, 11) is 0. The van der Waals surface area contributed by atoms with Gasteiger partial charge in [0, 0.05) is 66.4 Å². The van der Waals surface area contributed by atoms with E-state index in [0.29, 0.717) is 68.3 Å². The minimum absolute atomic E-state index is 0.0352. The van der Waals surface area contributed by atoms with Crippen LogP contribution >= 0.6 is 0 Å². The second-order valence-corrected chi connectivity index (χ2v) is 14.9. The van der Waals surface area contributed by atoms with Gasteiger partial charge in [-0.2, -0.15) is 5.10 Å². The Balaban J connectivity index is 0.927. The summed E-state index contributed by atoms with van der Waals surface area (Å²) in [5.74, 6) is 0.245. The maximum absolute atomic E-state index is 14.3. The number of nitrogens with one attached hydrogen (secondary N) is 3. The summed E-state index contributed by atoms with van der Waals surface area (Å²) >= 11 is 0. The van der Waals surface area contributed by atoms with Gasteiger partial charge in [0.1, 0.15) is 6.04 Å². The fraction of sp³-hybridized carbons (Fsp3) is 0.450. The molecule has 3 fully saturated rings. The summed E-state index contributed by atoms with van der Waals surface area (Å²) in [4.78, 5) is 59.4. The number of aromatic amines is 2. The van der Waals surface area contributed by atoms with E-state index in [-0.39, 0.29) is 17.8 Å². The van der Waals surface area contributed by atoms with Crippen molar-refractivity contribution >= 4 is 34.8 Å². The molecule has 12 nitrogen and oxygen atoms in total. The van der Waals surface area contributed by atoms with E-state index in [1.807, 2.05) is 42.2 Å². The van der Waals surface area contributed by atoms with Crippen molar-refractivity contribution < 1.29 is 14.4 Å². The number of piperidine rings is 3. The number of amides is 4. The maximum atomic E-state index is 14.3. The van der Waals surface area contributed by atoms with Crippen molar-refractivity contribution in [1.82, 2.24) is 40.2 Å². The Morgan fingerprint density at radius 1 is 0.962 bits per heavy atom. The molecule has 4 aliphatic heterocycles. The number of hydrogen-bond acceptors (Lipinski definition) is 6. The first-order valence-electron chi connectivity index (χ1n) is 18.7. The highest BCUT2D eigenvalue weighted by atomic mass is 16.2. The first-order valence-corrected chi connectivity index (χ1v) is 18.7. The lowest BCUT2D eigenvalue weighted by molar-refractivity contribution is -0.135. The number of aryl methyl sites for hydroxylation is 2. The van der Waals surface area contributed by atoms with Gasteiger partial charge in [-0.25, -0.2) is 14.8 Å². The van der Waals surface area contributed by atoms with Gasteiger partial charge in [0.25, 0.3) is 5.91 Å². The highest BCUT2D eigenvalue weighted by Crippen LogP contribution is 2.31. The molecule has 0 spiro atoms. The van der Waals surface area contributed by atoms with Crippen LogP contribution in [0.2, 0.25) is 0 Å². The van der Waals surface area contributed by atoms with Crippen LogP contribution in [0.5, 0.6) is 0 Å². The lowest BCUT2D eigenvalue weighted by Gasteiger charge is -2.42. The first-order chi connectivity index (χ1) is 25.3. The zero-order chi connectivity index (χ0) is 35.8. The molecule has 2 aromatic carbocycles. The standard InChI is InChI=1S/C40H47N9O3/c1-25-19-27(20-31-23-43-46-36(25)31)21-35(39(51)48-17-11-32(12-18-48)47-13-9-29(10-14-47)37-26(2)41-24-42-37)45-40(52)49-15-7-28(8-16-49)33-22-30-5-3-4-6-34(30)44-38(33)50/h3-6,19-20,22-24,29,32,35H,7-18,21H2,1-2H3,(H,41,42)(H,43,46)(H,45,52)/t35-/m1/s1. The molecule has 3 N–H and O–H groups in total. The zero-order valence-corrected chi connectivity index (χ0v) is 30.0. The molecule has 8 rings (SSSR count). The topological polar surface area (TPSA) is 143 Å². The summed E-state index contributed by atoms with van der Waals surface area (Å²) in [6, 6.07) is 11.3. The van der Waals surface area contributed by atoms with E-state index in [9.17, 15) is 14.4 Å². The Kier molecular flexibility index (Phi) is 9.48. The van der Waals surface area contributed by atoms with Crippen LogP contribution in [0.25, 0.3) is 17.0 Å². The normalized spacial score (nSPS) is 19.7. The van der Waals surface area contributed by atoms with E-state index >= 15 is 0 Å². The van der Waals surface area contributed by atoms with Gasteiger partial charge >= 0.3 is 6.03 Å². The highest BCUT2D eigenvalue weighted by molar-refractivity contribution is 6.04. The number of para-hydroxylation sites is 1. The average molecular weight is 702 g/mol. The average Bonchev–Trinajstić information content (AvgIpc) is 3.83. The van der Waals surface area contributed by atoms with Gasteiger partial charge in [0.05, 0.1) is 29.1 Å². The number of imidazole rings is 1. The number of H-pyrrole nitrogens is 2. The van der Waals surface area contributed by atoms with Crippen molar-refractivity contribution in [3.63, 3.8) is 0 Å². The van der Waals surface area contributed by atoms with E-state index in [1.165, 1.54) is 11.4 Å². The quantitative estimate of drug-likeness (QED) is 0.263. The lowest BCUT2D eigenvalue weighted by Crippen LogP contribution is -2.56. The minimum Gasteiger partial charge on any atom is -0.348 e. The number of likely N-dealkylation sites (tertiary alicyclic amines) is 3. The fourth-order valence-electron chi connectivity index (χ4n) is 8.70. The van der Waals surface area contributed by atoms with Crippen LogP contribution in [0.3, 0.4) is 0 Å². The summed E-state index contributed by atoms with van der Waals surface area (Å²) in [5, 5.41) is 13.0. The van der Waals surface area contributed by atoms with Gasteiger partial charge in [-0.15, -0.1) is 0 Å². The molecule has 3 saturated heterocycles. The molecule has 52 heavy (non-hydrogen) atoms. The molecular formula is C40H47N9O3. The van der Waals surface area contributed by atoms with Crippen LogP contribution in [-0.2, 0) is 16.0 Å². The number of carbonyl (C=O) groups is 3. The Bertz CT molecular complexity index is 2140. The van der Waals surface area contributed by atoms with Crippen LogP contribution in [0, 0.1) is 13.8 Å². The molecule has 12 heteroatoms. The molecular weight excluding hydrogens is 654 g/mol. The lowest BCUT2D eigenvalue weighted by atomic mass is 9.90. The molecule has 1 atom stereocenters. The summed E-state index contributed by atoms with van der Waals surface area (Å²) < 4.78 is 0. The van der Waals surface area contributed by atoms with Crippen molar-refractivity contribution in [3.05, 3.63) is 93.2 Å². The third-order valence-corrected chi connectivity index (χ3v) is 11.6. The molecule has 2 aromatic heterocycles. The van der Waals surface area contributed by atoms with Crippen molar-refractivity contribution in [1.29, 1.82) is 0 Å². The number of benzene rings is 2. The van der Waals surface area contributed by atoms with E-state index < -0.39 is 6.04 Å². The third kappa shape index (κ3) is 6.91. The van der Waals surface area contributed by atoms with Gasteiger partial charge < -0.3 is 25.0 Å². The molecule has 4 amide bonds. The molecule has 0 bridgehead atoms. The largest absolute Gasteiger partial charge is 0.348 e. The molecule has 4 aromatic rings. The molecule has 0 radical (unpaired) electrons. The molecule has 4 aliphatic rings. The van der Waals surface area contributed by atoms with Crippen molar-refractivity contribution in [3.8, 4) is 0 Å². The highest BCUT2D eigenvalue weighted by Gasteiger charge is 2.35. The predicted molar refractivity (Wildman–Crippen MR) is 198 cm³/mol. The number of urea groups is 1. The summed E-state index contributed by atoms with van der Waals surface area (Å²) in [6.07, 6.45) is 11.1. The van der Waals surface area contributed by atoms with E-state index in [2.05, 4.69) is 54.4 Å². The number of aromatic nitrogens is 4. The van der Waals surface area contributed by atoms with Crippen LogP contribution in [-0.4, -0.2) is 104 Å². The molecule has 0 saturated carbocycles. The molecule has 0 aliphatic carbocycles. The van der Waals surface area contributed by atoms with Gasteiger partial charge in [0.15, 0.2) is 0 Å². The molecule has 270 valence electrons. The monoisotopic (exact) mass is 701 g/mol. The first kappa shape index (κ1) is 34.0. The number of fused-ring (bicyclic) bond motifs is 2. The van der Waals surface area contributed by atoms with Crippen molar-refractivity contribution in [2.24, 2.45) is 4.99 Å². The maximum Gasteiger partial charge on any atom is 0.318 e. The van der Waals surface area contributed by atoms with Crippen molar-refractivity contribution in [2.75, 3.05) is 39.3 Å². The molecule has 6 heterocycles. The number of rotatable bonds is 6. The van der Waals surface area contributed by atoms with E-state index in [4.69, 9.17) is 0 Å². The number of carbonyl (C=O) groups excluding carboxylic acids is 3. The van der Waals surface area contributed by atoms with Crippen LogP contribution < -0.4 is 15.9 Å². The fourth-order valence-corrected chi connectivity index (χ4v) is 8.70. The van der Waals surface area contributed by atoms with Gasteiger partial charge in [-0.3, -0.25) is 14.7 Å². The predicted octanol–water partition coefficient (Wildman–Crippen LogP) is 3.43. The zero-order valence-electron chi connectivity index (χ0n) is 30.0. The summed E-state index contributed by atoms with van der Waals surface area (Å²) in [6.45, 7) is 8.51. The Morgan fingerprint density at radius 2 is 1.73 bits per heavy atom. The number of hydrogen-bond donors (Lipinski definition) is 3. The Morgan fingerprint density at radius 3 is 2.48 bits per heavy atom. The van der Waals surface area contributed by atoms with E-state index in [0.717, 1.165) is 71.6 Å². The third-order valence-electron chi connectivity index (χ3n) is 11.6. The van der Waals surface area contributed by atoms with Crippen molar-refractivity contribution in [2.45, 2.75) is 76.8 Å².